The number of nitrogens with one attached hydrogen (secondary N) is 2. The van der Waals surface area contributed by atoms with Gasteiger partial charge in [0.15, 0.2) is 35.6 Å². The fourth-order valence-electron chi connectivity index (χ4n) is 15.7. The number of carbonyl (C=O) groups excluding carboxylic acids is 11. The van der Waals surface area contributed by atoms with Crippen LogP contribution in [0.5, 0.6) is 28.7 Å². The molecule has 6 aliphatic rings. The van der Waals surface area contributed by atoms with Gasteiger partial charge in [-0.15, -0.1) is 0 Å². The van der Waals surface area contributed by atoms with Crippen molar-refractivity contribution in [2.75, 3.05) is 124 Å². The molecule has 0 aromatic heterocycles. The summed E-state index contributed by atoms with van der Waals surface area (Å²) in [5.74, 6) is -5.11. The molecule has 4 amide bonds. The zero-order valence-corrected chi connectivity index (χ0v) is 77.0. The number of aryl methyl sites for hydroxylation is 1. The van der Waals surface area contributed by atoms with E-state index < -0.39 is 164 Å². The van der Waals surface area contributed by atoms with Gasteiger partial charge in [-0.25, -0.2) is 14.4 Å². The Hall–Kier alpha value is -10.9. The summed E-state index contributed by atoms with van der Waals surface area (Å²) in [5.41, 5.74) is 2.34. The van der Waals surface area contributed by atoms with Crippen molar-refractivity contribution in [2.45, 2.75) is 234 Å². The van der Waals surface area contributed by atoms with Crippen molar-refractivity contribution < 1.29 is 157 Å². The molecule has 0 spiro atoms. The molecule has 131 heavy (non-hydrogen) atoms. The highest BCUT2D eigenvalue weighted by molar-refractivity contribution is 6.05. The summed E-state index contributed by atoms with van der Waals surface area (Å²) in [6, 6.07) is 14.0. The number of unbranched alkanes of at least 4 members (excludes halogenated alkanes) is 2. The van der Waals surface area contributed by atoms with Gasteiger partial charge in [0.05, 0.1) is 131 Å². The van der Waals surface area contributed by atoms with Crippen LogP contribution >= 0.6 is 0 Å². The SMILES string of the molecule is C=C1C[C@@H](C2OCCO2)N(C(=O)c2cc(C)c(OCCCCCOc3cc(NC(=O)OCc4ccc(O[C@@H]5O[C@H](C)[C@@H](C)[C@H](OC(C)=O)[C@H]5OC(C)=O)c(C(=O)CCCOC)c4)c(C(=O)N4CC(=C)C[C@H]4C4OCCO4)cc3OC)cc2NC(=O)OCc2ccc(O[C@@H]3O[C@H](C)[C@@H](C)[C@H](OC(C)=O)[C@H]3OC(C)=O)c(C(=O)CCCOCCOCCOCC(=O)OC(C)(C)C)c2)C1. The molecule has 6 fully saturated rings. The lowest BCUT2D eigenvalue weighted by Crippen LogP contribution is -2.57. The van der Waals surface area contributed by atoms with Crippen LogP contribution in [0.4, 0.5) is 21.0 Å². The van der Waals surface area contributed by atoms with Gasteiger partial charge in [-0.2, -0.15) is 0 Å². The van der Waals surface area contributed by atoms with Crippen molar-refractivity contribution in [3.8, 4) is 28.7 Å². The molecule has 0 saturated carbocycles. The van der Waals surface area contributed by atoms with E-state index in [0.29, 0.717) is 87.4 Å². The van der Waals surface area contributed by atoms with Crippen molar-refractivity contribution in [3.63, 3.8) is 0 Å². The Morgan fingerprint density at radius 3 is 1.33 bits per heavy atom. The largest absolute Gasteiger partial charge is 0.493 e. The number of ether oxygens (including phenoxy) is 22. The molecular weight excluding hydrogens is 1710 g/mol. The maximum absolute atomic E-state index is 15.0. The fourth-order valence-corrected chi connectivity index (χ4v) is 15.7. The minimum atomic E-state index is -1.37. The second-order valence-corrected chi connectivity index (χ2v) is 33.7. The van der Waals surface area contributed by atoms with Crippen molar-refractivity contribution in [2.24, 2.45) is 11.8 Å². The van der Waals surface area contributed by atoms with Gasteiger partial charge in [0, 0.05) is 97.9 Å². The lowest BCUT2D eigenvalue weighted by molar-refractivity contribution is -0.263. The van der Waals surface area contributed by atoms with Gasteiger partial charge in [0.2, 0.25) is 24.8 Å². The highest BCUT2D eigenvalue weighted by atomic mass is 16.7. The van der Waals surface area contributed by atoms with E-state index in [1.165, 1.54) is 84.4 Å². The number of benzene rings is 4. The first-order chi connectivity index (χ1) is 62.6. The Bertz CT molecular complexity index is 4670. The van der Waals surface area contributed by atoms with E-state index in [1.807, 2.05) is 0 Å². The summed E-state index contributed by atoms with van der Waals surface area (Å²) in [5, 5.41) is 5.52. The molecule has 0 radical (unpaired) electrons. The Kier molecular flexibility index (Phi) is 38.3. The van der Waals surface area contributed by atoms with E-state index >= 15 is 0 Å². The van der Waals surface area contributed by atoms with E-state index in [-0.39, 0.29) is 154 Å². The first-order valence-electron chi connectivity index (χ1n) is 44.1. The van der Waals surface area contributed by atoms with E-state index in [4.69, 9.17) is 104 Å². The number of carbonyl (C=O) groups is 11. The number of Topliss-reactive ketones (excluding diaryl/α,β-unsaturated/α-hetero) is 2. The zero-order valence-electron chi connectivity index (χ0n) is 77.0. The minimum absolute atomic E-state index is 0.00505. The van der Waals surface area contributed by atoms with Gasteiger partial charge in [-0.1, -0.05) is 50.3 Å². The molecule has 4 aromatic rings. The van der Waals surface area contributed by atoms with Crippen LogP contribution in [0, 0.1) is 18.8 Å². The Morgan fingerprint density at radius 1 is 0.466 bits per heavy atom. The fraction of sp³-hybridized carbons (Fsp3) is 0.585. The summed E-state index contributed by atoms with van der Waals surface area (Å²) in [6.45, 7) is 29.3. The molecular formula is C94H124N4O33. The second kappa shape index (κ2) is 49.0. The number of hydrogen-bond donors (Lipinski definition) is 2. The number of likely N-dealkylation sites (tertiary alicyclic amines) is 2. The smallest absolute Gasteiger partial charge is 0.411 e. The summed E-state index contributed by atoms with van der Waals surface area (Å²) in [4.78, 5) is 152. The monoisotopic (exact) mass is 1840 g/mol. The Labute approximate surface area is 762 Å². The number of rotatable bonds is 45. The number of anilines is 2. The molecule has 6 aliphatic heterocycles. The van der Waals surface area contributed by atoms with Crippen molar-refractivity contribution in [3.05, 3.63) is 124 Å². The van der Waals surface area contributed by atoms with E-state index in [9.17, 15) is 52.7 Å². The predicted octanol–water partition coefficient (Wildman–Crippen LogP) is 11.6. The predicted molar refractivity (Wildman–Crippen MR) is 466 cm³/mol. The number of hydrogen-bond acceptors (Lipinski definition) is 33. The number of nitrogens with zero attached hydrogens (tertiary/aromatic N) is 2. The number of methoxy groups -OCH3 is 2. The van der Waals surface area contributed by atoms with Crippen LogP contribution in [0.1, 0.15) is 192 Å². The van der Waals surface area contributed by atoms with Crippen LogP contribution in [0.3, 0.4) is 0 Å². The maximum Gasteiger partial charge on any atom is 0.411 e. The molecule has 10 rings (SSSR count). The van der Waals surface area contributed by atoms with Gasteiger partial charge < -0.3 is 114 Å². The first-order valence-corrected chi connectivity index (χ1v) is 44.1. The number of ketones is 2. The summed E-state index contributed by atoms with van der Waals surface area (Å²) < 4.78 is 129. The quantitative estimate of drug-likeness (QED) is 0.0136. The van der Waals surface area contributed by atoms with Gasteiger partial charge >= 0.3 is 42.0 Å². The highest BCUT2D eigenvalue weighted by Crippen LogP contribution is 2.42. The van der Waals surface area contributed by atoms with E-state index in [0.717, 1.165) is 11.1 Å². The highest BCUT2D eigenvalue weighted by Gasteiger charge is 2.51. The minimum Gasteiger partial charge on any atom is -0.493 e. The molecule has 0 aliphatic carbocycles. The number of amides is 4. The third-order valence-electron chi connectivity index (χ3n) is 22.2. The lowest BCUT2D eigenvalue weighted by atomic mass is 9.91. The topological polar surface area (TPSA) is 421 Å². The van der Waals surface area contributed by atoms with Crippen molar-refractivity contribution in [1.29, 1.82) is 0 Å². The third kappa shape index (κ3) is 29.6. The Morgan fingerprint density at radius 2 is 0.885 bits per heavy atom. The molecule has 12 atom stereocenters. The first kappa shape index (κ1) is 102. The summed E-state index contributed by atoms with van der Waals surface area (Å²) in [6.07, 6.45) is -8.94. The molecule has 37 nitrogen and oxygen atoms in total. The molecule has 37 heteroatoms. The average molecular weight is 1840 g/mol. The van der Waals surface area contributed by atoms with Gasteiger partial charge in [-0.05, 0) is 140 Å². The molecule has 6 heterocycles. The van der Waals surface area contributed by atoms with Crippen LogP contribution in [-0.2, 0) is 118 Å². The normalized spacial score (nSPS) is 22.2. The lowest BCUT2D eigenvalue weighted by Gasteiger charge is -2.43. The average Bonchev–Trinajstić information content (AvgIpc) is 1.67. The molecule has 0 unspecified atom stereocenters. The number of esters is 5. The third-order valence-corrected chi connectivity index (χ3v) is 22.2. The molecule has 6 saturated heterocycles. The molecule has 718 valence electrons. The van der Waals surface area contributed by atoms with E-state index in [1.54, 1.807) is 83.4 Å². The second-order valence-electron chi connectivity index (χ2n) is 33.7. The van der Waals surface area contributed by atoms with Crippen LogP contribution < -0.4 is 34.3 Å². The van der Waals surface area contributed by atoms with Gasteiger partial charge in [0.1, 0.15) is 54.9 Å². The molecule has 4 aromatic carbocycles. The summed E-state index contributed by atoms with van der Waals surface area (Å²) >= 11 is 0. The van der Waals surface area contributed by atoms with Crippen molar-refractivity contribution in [1.82, 2.24) is 9.80 Å². The van der Waals surface area contributed by atoms with Crippen LogP contribution in [-0.4, -0.2) is 268 Å². The van der Waals surface area contributed by atoms with Gasteiger partial charge in [0.25, 0.3) is 11.8 Å². The van der Waals surface area contributed by atoms with Crippen LogP contribution in [0.2, 0.25) is 0 Å². The maximum atomic E-state index is 15.0. The standard InChI is InChI=1S/C94H124N4O33/c1-53-40-72(88-117-36-37-118-88)97(48-53)86(106)66-42-55(3)78(46-70(66)95-92(108)121-50-65-25-27-77(130-91-85(128-63(11)102)83(126-61(9)100)57(5)59(7)124-91)69(44-65)75(104)23-21-29-112-32-33-113-34-35-114-52-81(105)131-94(12,13)14)115-30-18-17-19-31-116-80-47-71(67(45-79(80)111-16)87(107)98-49-54(2)41-73(98)89-119-38-39-120-89)96-93(109)122-51-64-24-26-76(68(43-64)74(103)22-20-28-110-15)129-90-84(127-62(10)101)82(125-60(8)99)56(4)58(6)123-90/h24-27,42-47,56-59,72-73,82-85,88-91H,1-2,17-23,28-41,48-52H2,3-16H3,(H,95,108)(H,96,109)/t56-,57-,58-,59-,72+,73+,82+,83+,84-,85-,90+,91+/m1/s1. The summed E-state index contributed by atoms with van der Waals surface area (Å²) in [7, 11) is 2.91. The van der Waals surface area contributed by atoms with E-state index in [2.05, 4.69) is 23.8 Å². The molecule has 0 bridgehead atoms. The van der Waals surface area contributed by atoms with Crippen LogP contribution in [0.15, 0.2) is 85.0 Å². The van der Waals surface area contributed by atoms with Crippen molar-refractivity contribution >= 4 is 76.8 Å². The van der Waals surface area contributed by atoms with Gasteiger partial charge in [-0.3, -0.25) is 49.0 Å². The Balaban J connectivity index is 0.822. The zero-order chi connectivity index (χ0) is 94.8. The van der Waals surface area contributed by atoms with Crippen LogP contribution in [0.25, 0.3) is 0 Å². The molecule has 2 N–H and O–H groups in total.